The van der Waals surface area contributed by atoms with Crippen LogP contribution in [0.5, 0.6) is 0 Å². The van der Waals surface area contributed by atoms with Gasteiger partial charge >= 0.3 is 0 Å². The molecule has 0 aliphatic heterocycles. The number of carbonyl (C=O) groups is 2. The summed E-state index contributed by atoms with van der Waals surface area (Å²) < 4.78 is 26.9. The molecule has 0 aromatic heterocycles. The molecule has 1 unspecified atom stereocenters. The number of non-ortho nitro benzene ring substituents is 1. The smallest absolute Gasteiger partial charge is 0.271 e. The Labute approximate surface area is 247 Å². The summed E-state index contributed by atoms with van der Waals surface area (Å²) in [6, 6.07) is 19.7. The van der Waals surface area contributed by atoms with E-state index in [1.807, 2.05) is 82.3 Å². The van der Waals surface area contributed by atoms with Crippen LogP contribution in [0.2, 0.25) is 0 Å². The van der Waals surface area contributed by atoms with E-state index in [0.717, 1.165) is 33.3 Å². The summed E-state index contributed by atoms with van der Waals surface area (Å²) >= 11 is 0. The van der Waals surface area contributed by atoms with Crippen LogP contribution in [0, 0.1) is 24.0 Å². The molecule has 1 N–H and O–H groups in total. The minimum absolute atomic E-state index is 0.0223. The Kier molecular flexibility index (Phi) is 10.1. The highest BCUT2D eigenvalue weighted by atomic mass is 32.2. The lowest BCUT2D eigenvalue weighted by molar-refractivity contribution is -0.384. The maximum atomic E-state index is 14.2. The number of anilines is 1. The van der Waals surface area contributed by atoms with Crippen molar-refractivity contribution in [3.63, 3.8) is 0 Å². The number of nitro benzene ring substituents is 1. The van der Waals surface area contributed by atoms with Gasteiger partial charge in [0.25, 0.3) is 5.69 Å². The Morgan fingerprint density at radius 2 is 1.57 bits per heavy atom. The van der Waals surface area contributed by atoms with Crippen molar-refractivity contribution in [2.24, 2.45) is 0 Å². The van der Waals surface area contributed by atoms with Crippen LogP contribution in [-0.2, 0) is 32.6 Å². The topological polar surface area (TPSA) is 130 Å². The van der Waals surface area contributed by atoms with Crippen LogP contribution in [0.1, 0.15) is 43.0 Å². The monoisotopic (exact) mass is 594 g/mol. The van der Waals surface area contributed by atoms with Gasteiger partial charge in [-0.2, -0.15) is 0 Å². The quantitative estimate of drug-likeness (QED) is 0.256. The average molecular weight is 595 g/mol. The van der Waals surface area contributed by atoms with E-state index in [-0.39, 0.29) is 30.2 Å². The van der Waals surface area contributed by atoms with Crippen LogP contribution in [0.3, 0.4) is 0 Å². The Balaban J connectivity index is 2.12. The van der Waals surface area contributed by atoms with E-state index in [4.69, 9.17) is 0 Å². The SMILES string of the molecule is Cc1ccc(CN(C(=O)CN(c2cc([N+](=O)[O-])ccc2C)S(C)(=O)=O)C(Cc2ccccc2)C(=O)NC(C)(C)C)cc1. The first-order valence-electron chi connectivity index (χ1n) is 13.5. The molecule has 3 aromatic carbocycles. The van der Waals surface area contributed by atoms with E-state index in [2.05, 4.69) is 5.32 Å². The first-order chi connectivity index (χ1) is 19.5. The van der Waals surface area contributed by atoms with Gasteiger partial charge in [-0.25, -0.2) is 8.42 Å². The van der Waals surface area contributed by atoms with E-state index < -0.39 is 39.0 Å². The van der Waals surface area contributed by atoms with Crippen molar-refractivity contribution in [2.75, 3.05) is 17.1 Å². The lowest BCUT2D eigenvalue weighted by Crippen LogP contribution is -2.56. The lowest BCUT2D eigenvalue weighted by Gasteiger charge is -2.35. The van der Waals surface area contributed by atoms with Crippen molar-refractivity contribution < 1.29 is 22.9 Å². The molecular formula is C31H38N4O6S. The Morgan fingerprint density at radius 1 is 0.952 bits per heavy atom. The Hall–Kier alpha value is -4.25. The summed E-state index contributed by atoms with van der Waals surface area (Å²) in [4.78, 5) is 40.2. The number of hydrogen-bond acceptors (Lipinski definition) is 6. The summed E-state index contributed by atoms with van der Waals surface area (Å²) in [5, 5.41) is 14.4. The van der Waals surface area contributed by atoms with Crippen LogP contribution in [-0.4, -0.2) is 54.4 Å². The van der Waals surface area contributed by atoms with Crippen molar-refractivity contribution in [3.8, 4) is 0 Å². The number of hydrogen-bond donors (Lipinski definition) is 1. The number of aryl methyl sites for hydroxylation is 2. The number of nitro groups is 1. The van der Waals surface area contributed by atoms with E-state index in [0.29, 0.717) is 5.56 Å². The second-order valence-corrected chi connectivity index (χ2v) is 13.4. The van der Waals surface area contributed by atoms with E-state index in [9.17, 15) is 28.1 Å². The van der Waals surface area contributed by atoms with Crippen molar-refractivity contribution >= 4 is 33.2 Å². The molecule has 0 spiro atoms. The highest BCUT2D eigenvalue weighted by Gasteiger charge is 2.34. The van der Waals surface area contributed by atoms with Crippen LogP contribution in [0.15, 0.2) is 72.8 Å². The first-order valence-corrected chi connectivity index (χ1v) is 15.3. The Morgan fingerprint density at radius 3 is 2.12 bits per heavy atom. The third-order valence-corrected chi connectivity index (χ3v) is 7.72. The van der Waals surface area contributed by atoms with Gasteiger partial charge in [-0.15, -0.1) is 0 Å². The molecule has 1 atom stereocenters. The summed E-state index contributed by atoms with van der Waals surface area (Å²) in [5.41, 5.74) is 2.16. The number of nitrogens with zero attached hydrogens (tertiary/aromatic N) is 3. The molecular weight excluding hydrogens is 556 g/mol. The van der Waals surface area contributed by atoms with Crippen LogP contribution >= 0.6 is 0 Å². The maximum absolute atomic E-state index is 14.2. The molecule has 42 heavy (non-hydrogen) atoms. The predicted octanol–water partition coefficient (Wildman–Crippen LogP) is 4.53. The largest absolute Gasteiger partial charge is 0.350 e. The molecule has 0 saturated heterocycles. The normalized spacial score (nSPS) is 12.3. The zero-order valence-electron chi connectivity index (χ0n) is 24.8. The number of amides is 2. The molecule has 0 saturated carbocycles. The highest BCUT2D eigenvalue weighted by Crippen LogP contribution is 2.28. The number of carbonyl (C=O) groups excluding carboxylic acids is 2. The van der Waals surface area contributed by atoms with Gasteiger partial charge in [0.05, 0.1) is 16.9 Å². The second-order valence-electron chi connectivity index (χ2n) is 11.4. The van der Waals surface area contributed by atoms with Gasteiger partial charge in [0.1, 0.15) is 12.6 Å². The summed E-state index contributed by atoms with van der Waals surface area (Å²) in [5.74, 6) is -1.01. The fraction of sp³-hybridized carbons (Fsp3) is 0.355. The molecule has 0 aliphatic rings. The van der Waals surface area contributed by atoms with Crippen LogP contribution < -0.4 is 9.62 Å². The molecule has 0 bridgehead atoms. The first kappa shape index (κ1) is 32.3. The zero-order valence-corrected chi connectivity index (χ0v) is 25.6. The third-order valence-electron chi connectivity index (χ3n) is 6.59. The van der Waals surface area contributed by atoms with Gasteiger partial charge in [0, 0.05) is 30.6 Å². The van der Waals surface area contributed by atoms with Gasteiger partial charge in [-0.1, -0.05) is 66.2 Å². The Bertz CT molecular complexity index is 1530. The zero-order chi connectivity index (χ0) is 31.2. The average Bonchev–Trinajstić information content (AvgIpc) is 2.89. The molecule has 0 fully saturated rings. The molecule has 2 amide bonds. The molecule has 224 valence electrons. The molecule has 3 rings (SSSR count). The number of rotatable bonds is 11. The fourth-order valence-corrected chi connectivity index (χ4v) is 5.37. The van der Waals surface area contributed by atoms with Gasteiger partial charge in [0.15, 0.2) is 0 Å². The fourth-order valence-electron chi connectivity index (χ4n) is 4.47. The predicted molar refractivity (Wildman–Crippen MR) is 164 cm³/mol. The maximum Gasteiger partial charge on any atom is 0.271 e. The van der Waals surface area contributed by atoms with Crippen molar-refractivity contribution in [1.29, 1.82) is 0 Å². The molecule has 11 heteroatoms. The van der Waals surface area contributed by atoms with Gasteiger partial charge in [-0.3, -0.25) is 24.0 Å². The van der Waals surface area contributed by atoms with E-state index >= 15 is 0 Å². The van der Waals surface area contributed by atoms with Crippen LogP contribution in [0.25, 0.3) is 0 Å². The van der Waals surface area contributed by atoms with E-state index in [1.54, 1.807) is 6.92 Å². The van der Waals surface area contributed by atoms with Crippen molar-refractivity contribution in [3.05, 3.63) is 105 Å². The lowest BCUT2D eigenvalue weighted by atomic mass is 10.0. The van der Waals surface area contributed by atoms with Crippen molar-refractivity contribution in [2.45, 2.75) is 59.2 Å². The second kappa shape index (κ2) is 13.2. The molecule has 0 aliphatic carbocycles. The third kappa shape index (κ3) is 8.87. The molecule has 0 radical (unpaired) electrons. The number of sulfonamides is 1. The minimum Gasteiger partial charge on any atom is -0.350 e. The molecule has 0 heterocycles. The number of nitrogens with one attached hydrogen (secondary N) is 1. The molecule has 10 nitrogen and oxygen atoms in total. The van der Waals surface area contributed by atoms with Gasteiger partial charge < -0.3 is 10.2 Å². The summed E-state index contributed by atoms with van der Waals surface area (Å²) in [6.45, 7) is 8.46. The highest BCUT2D eigenvalue weighted by molar-refractivity contribution is 7.92. The van der Waals surface area contributed by atoms with Crippen molar-refractivity contribution in [1.82, 2.24) is 10.2 Å². The van der Waals surface area contributed by atoms with Crippen LogP contribution in [0.4, 0.5) is 11.4 Å². The minimum atomic E-state index is -4.06. The van der Waals surface area contributed by atoms with Gasteiger partial charge in [0.2, 0.25) is 21.8 Å². The summed E-state index contributed by atoms with van der Waals surface area (Å²) in [7, 11) is -4.06. The van der Waals surface area contributed by atoms with E-state index in [1.165, 1.54) is 17.0 Å². The standard InChI is InChI=1S/C31H38N4O6S/c1-22-12-15-25(16-13-22)20-33(28(30(37)32-31(3,4)5)18-24-10-8-7-9-11-24)29(36)21-34(42(6,40)41)27-19-26(35(38)39)17-14-23(27)2/h7-17,19,28H,18,20-21H2,1-6H3,(H,32,37). The molecule has 3 aromatic rings. The summed E-state index contributed by atoms with van der Waals surface area (Å²) in [6.07, 6.45) is 1.13. The number of benzene rings is 3. The van der Waals surface area contributed by atoms with Gasteiger partial charge in [-0.05, 0) is 51.3 Å².